The molecule has 0 radical (unpaired) electrons. The Morgan fingerprint density at radius 2 is 1.85 bits per heavy atom. The second kappa shape index (κ2) is 8.95. The van der Waals surface area contributed by atoms with Gasteiger partial charge in [0.1, 0.15) is 11.6 Å². The summed E-state index contributed by atoms with van der Waals surface area (Å²) in [6, 6.07) is 10.0. The lowest BCUT2D eigenvalue weighted by Crippen LogP contribution is -2.46. The van der Waals surface area contributed by atoms with Crippen molar-refractivity contribution in [3.8, 4) is 11.5 Å². The molecule has 1 aliphatic heterocycles. The van der Waals surface area contributed by atoms with E-state index in [1.807, 2.05) is 4.90 Å². The van der Waals surface area contributed by atoms with Crippen LogP contribution in [-0.4, -0.2) is 36.5 Å². The molecular weight excluding hydrogens is 350 g/mol. The van der Waals surface area contributed by atoms with Gasteiger partial charge in [-0.15, -0.1) is 0 Å². The van der Waals surface area contributed by atoms with Crippen molar-refractivity contribution >= 4 is 5.91 Å². The van der Waals surface area contributed by atoms with Gasteiger partial charge in [0, 0.05) is 24.2 Å². The minimum absolute atomic E-state index is 0.00302. The second-order valence-electron chi connectivity index (χ2n) is 6.68. The molecule has 4 nitrogen and oxygen atoms in total. The molecule has 1 saturated heterocycles. The Morgan fingerprint density at radius 3 is 2.48 bits per heavy atom. The second-order valence-corrected chi connectivity index (χ2v) is 6.68. The Kier molecular flexibility index (Phi) is 6.40. The molecule has 0 saturated carbocycles. The van der Waals surface area contributed by atoms with Crippen molar-refractivity contribution in [2.24, 2.45) is 0 Å². The van der Waals surface area contributed by atoms with Gasteiger partial charge in [-0.25, -0.2) is 8.78 Å². The van der Waals surface area contributed by atoms with Gasteiger partial charge in [0.25, 0.3) is 5.91 Å². The largest absolute Gasteiger partial charge is 0.454 e. The first-order valence-electron chi connectivity index (χ1n) is 9.33. The zero-order valence-electron chi connectivity index (χ0n) is 15.4. The van der Waals surface area contributed by atoms with E-state index in [0.717, 1.165) is 51.0 Å². The summed E-state index contributed by atoms with van der Waals surface area (Å²) in [5, 5.41) is 3.32. The fraction of sp³-hybridized carbons (Fsp3) is 0.381. The van der Waals surface area contributed by atoms with Gasteiger partial charge in [0.05, 0.1) is 0 Å². The summed E-state index contributed by atoms with van der Waals surface area (Å²) in [6.07, 6.45) is 2.81. The van der Waals surface area contributed by atoms with E-state index in [-0.39, 0.29) is 17.7 Å². The van der Waals surface area contributed by atoms with Crippen LogP contribution in [0.2, 0.25) is 0 Å². The molecule has 0 bridgehead atoms. The Morgan fingerprint density at radius 1 is 1.15 bits per heavy atom. The lowest BCUT2D eigenvalue weighted by Gasteiger charge is -2.34. The van der Waals surface area contributed by atoms with Crippen LogP contribution in [0, 0.1) is 11.6 Å². The Labute approximate surface area is 158 Å². The molecule has 3 rings (SSSR count). The van der Waals surface area contributed by atoms with E-state index < -0.39 is 11.6 Å². The average Bonchev–Trinajstić information content (AvgIpc) is 2.69. The van der Waals surface area contributed by atoms with Crippen LogP contribution in [0.4, 0.5) is 8.78 Å². The topological polar surface area (TPSA) is 41.6 Å². The van der Waals surface area contributed by atoms with Crippen molar-refractivity contribution < 1.29 is 18.3 Å². The minimum Gasteiger partial charge on any atom is -0.454 e. The number of rotatable bonds is 6. The number of amides is 1. The van der Waals surface area contributed by atoms with Crippen LogP contribution in [-0.2, 0) is 0 Å². The first kappa shape index (κ1) is 19.3. The van der Waals surface area contributed by atoms with Crippen LogP contribution in [0.5, 0.6) is 11.5 Å². The smallest absolute Gasteiger partial charge is 0.254 e. The Hall–Kier alpha value is -2.47. The number of hydrogen-bond donors (Lipinski definition) is 1. The first-order chi connectivity index (χ1) is 13.1. The normalized spacial score (nSPS) is 14.8. The van der Waals surface area contributed by atoms with Gasteiger partial charge in [0.2, 0.25) is 0 Å². The molecule has 1 fully saturated rings. The van der Waals surface area contributed by atoms with E-state index in [2.05, 4.69) is 12.2 Å². The molecule has 0 aromatic heterocycles. The maximum Gasteiger partial charge on any atom is 0.254 e. The number of carbonyl (C=O) groups excluding carboxylic acids is 1. The predicted octanol–water partition coefficient (Wildman–Crippen LogP) is 4.36. The zero-order chi connectivity index (χ0) is 19.2. The number of ether oxygens (including phenoxy) is 1. The van der Waals surface area contributed by atoms with E-state index in [1.54, 1.807) is 24.3 Å². The van der Waals surface area contributed by atoms with Crippen LogP contribution >= 0.6 is 0 Å². The molecule has 2 aromatic carbocycles. The average molecular weight is 374 g/mol. The highest BCUT2D eigenvalue weighted by atomic mass is 19.1. The summed E-state index contributed by atoms with van der Waals surface area (Å²) in [4.78, 5) is 14.9. The Bertz CT molecular complexity index is 774. The molecule has 0 atom stereocenters. The Balaban J connectivity index is 1.71. The summed E-state index contributed by atoms with van der Waals surface area (Å²) in [5.74, 6) is -1.09. The van der Waals surface area contributed by atoms with Gasteiger partial charge in [-0.05, 0) is 68.8 Å². The van der Waals surface area contributed by atoms with Crippen molar-refractivity contribution in [3.05, 3.63) is 59.7 Å². The van der Waals surface area contributed by atoms with Crippen molar-refractivity contribution in [1.82, 2.24) is 10.2 Å². The predicted molar refractivity (Wildman–Crippen MR) is 100 cm³/mol. The fourth-order valence-corrected chi connectivity index (χ4v) is 3.33. The van der Waals surface area contributed by atoms with E-state index in [0.29, 0.717) is 11.3 Å². The molecular formula is C21H24F2N2O2. The molecule has 144 valence electrons. The van der Waals surface area contributed by atoms with Crippen LogP contribution in [0.25, 0.3) is 0 Å². The highest BCUT2D eigenvalue weighted by molar-refractivity contribution is 5.94. The number of benzene rings is 2. The number of nitrogens with one attached hydrogen (secondary N) is 1. The molecule has 27 heavy (non-hydrogen) atoms. The quantitative estimate of drug-likeness (QED) is 0.817. The summed E-state index contributed by atoms with van der Waals surface area (Å²) < 4.78 is 32.1. The third-order valence-corrected chi connectivity index (χ3v) is 4.70. The molecule has 0 unspecified atom stereocenters. The molecule has 1 amide bonds. The summed E-state index contributed by atoms with van der Waals surface area (Å²) in [6.45, 7) is 4.64. The minimum atomic E-state index is -0.768. The van der Waals surface area contributed by atoms with Crippen LogP contribution < -0.4 is 10.1 Å². The number of carbonyl (C=O) groups is 1. The van der Waals surface area contributed by atoms with E-state index in [4.69, 9.17) is 4.74 Å². The van der Waals surface area contributed by atoms with Gasteiger partial charge in [-0.2, -0.15) is 0 Å². The van der Waals surface area contributed by atoms with Crippen LogP contribution in [0.3, 0.4) is 0 Å². The fourth-order valence-electron chi connectivity index (χ4n) is 3.33. The maximum atomic E-state index is 13.7. The summed E-state index contributed by atoms with van der Waals surface area (Å²) in [5.41, 5.74) is 0.578. The highest BCUT2D eigenvalue weighted by Crippen LogP contribution is 2.26. The van der Waals surface area contributed by atoms with E-state index in [1.165, 1.54) is 6.07 Å². The molecule has 6 heteroatoms. The summed E-state index contributed by atoms with van der Waals surface area (Å²) >= 11 is 0. The van der Waals surface area contributed by atoms with Crippen molar-refractivity contribution in [2.75, 3.05) is 19.6 Å². The molecule has 1 aliphatic rings. The van der Waals surface area contributed by atoms with Crippen molar-refractivity contribution in [1.29, 1.82) is 0 Å². The lowest BCUT2D eigenvalue weighted by molar-refractivity contribution is 0.0642. The maximum absolute atomic E-state index is 13.7. The molecule has 0 aliphatic carbocycles. The third-order valence-electron chi connectivity index (χ3n) is 4.70. The molecule has 1 heterocycles. The van der Waals surface area contributed by atoms with Gasteiger partial charge in [-0.1, -0.05) is 6.92 Å². The van der Waals surface area contributed by atoms with Gasteiger partial charge in [0.15, 0.2) is 11.6 Å². The number of hydrogen-bond acceptors (Lipinski definition) is 3. The van der Waals surface area contributed by atoms with Crippen molar-refractivity contribution in [2.45, 2.75) is 32.2 Å². The molecule has 0 spiro atoms. The highest BCUT2D eigenvalue weighted by Gasteiger charge is 2.25. The standard InChI is InChI=1S/C21H24F2N2O2/c1-2-13-25(17-9-11-24-12-10-17)21(26)15-3-6-18(7-4-15)27-20-8-5-16(22)14-19(20)23/h3-8,14,17,24H,2,9-13H2,1H3. The molecule has 1 N–H and O–H groups in total. The van der Waals surface area contributed by atoms with Crippen LogP contribution in [0.15, 0.2) is 42.5 Å². The van der Waals surface area contributed by atoms with E-state index >= 15 is 0 Å². The van der Waals surface area contributed by atoms with Gasteiger partial charge < -0.3 is 15.0 Å². The number of piperidine rings is 1. The first-order valence-corrected chi connectivity index (χ1v) is 9.33. The van der Waals surface area contributed by atoms with E-state index in [9.17, 15) is 13.6 Å². The zero-order valence-corrected chi connectivity index (χ0v) is 15.4. The monoisotopic (exact) mass is 374 g/mol. The van der Waals surface area contributed by atoms with Gasteiger partial charge in [-0.3, -0.25) is 4.79 Å². The number of nitrogens with zero attached hydrogens (tertiary/aromatic N) is 1. The summed E-state index contributed by atoms with van der Waals surface area (Å²) in [7, 11) is 0. The third kappa shape index (κ3) is 4.83. The van der Waals surface area contributed by atoms with Crippen molar-refractivity contribution in [3.63, 3.8) is 0 Å². The SMILES string of the molecule is CCCN(C(=O)c1ccc(Oc2ccc(F)cc2F)cc1)C1CCNCC1. The molecule has 2 aromatic rings. The van der Waals surface area contributed by atoms with Gasteiger partial charge >= 0.3 is 0 Å². The van der Waals surface area contributed by atoms with Crippen LogP contribution in [0.1, 0.15) is 36.5 Å². The lowest BCUT2D eigenvalue weighted by atomic mass is 10.0. The number of halogens is 2.